The fourth-order valence-electron chi connectivity index (χ4n) is 4.99. The van der Waals surface area contributed by atoms with E-state index in [0.717, 1.165) is 15.6 Å². The maximum Gasteiger partial charge on any atom is 0.410 e. The molecule has 3 aliphatic heterocycles. The van der Waals surface area contributed by atoms with Gasteiger partial charge in [-0.3, -0.25) is 4.79 Å². The zero-order chi connectivity index (χ0) is 26.9. The van der Waals surface area contributed by atoms with Gasteiger partial charge in [0, 0.05) is 22.7 Å². The number of rotatable bonds is 9. The van der Waals surface area contributed by atoms with Crippen molar-refractivity contribution in [2.24, 2.45) is 11.8 Å². The highest BCUT2D eigenvalue weighted by atomic mass is 32.2. The number of esters is 1. The summed E-state index contributed by atoms with van der Waals surface area (Å²) in [6.45, 7) is 13.4. The number of ether oxygens (including phenoxy) is 2. The molecule has 9 nitrogen and oxygen atoms in total. The third kappa shape index (κ3) is 5.12. The van der Waals surface area contributed by atoms with Gasteiger partial charge in [-0.15, -0.1) is 11.3 Å². The van der Waals surface area contributed by atoms with Gasteiger partial charge in [-0.25, -0.2) is 14.6 Å². The molecule has 1 saturated heterocycles. The van der Waals surface area contributed by atoms with E-state index in [2.05, 4.69) is 13.2 Å². The quantitative estimate of drug-likeness (QED) is 0.283. The van der Waals surface area contributed by atoms with Crippen molar-refractivity contribution in [3.05, 3.63) is 53.1 Å². The largest absolute Gasteiger partial charge is 0.457 e. The number of aliphatic hydroxyl groups is 1. The Morgan fingerprint density at radius 1 is 1.30 bits per heavy atom. The summed E-state index contributed by atoms with van der Waals surface area (Å²) in [6.07, 6.45) is 4.48. The Bertz CT molecular complexity index is 1170. The predicted molar refractivity (Wildman–Crippen MR) is 141 cm³/mol. The number of fused-ring (bicyclic) bond motifs is 1. The average Bonchev–Trinajstić information content (AvgIpc) is 3.42. The first kappa shape index (κ1) is 27.2. The van der Waals surface area contributed by atoms with Crippen LogP contribution in [0.2, 0.25) is 0 Å². The highest BCUT2D eigenvalue weighted by molar-refractivity contribution is 8.04. The zero-order valence-electron chi connectivity index (χ0n) is 21.1. The summed E-state index contributed by atoms with van der Waals surface area (Å²) < 4.78 is 11.2. The van der Waals surface area contributed by atoms with E-state index in [0.29, 0.717) is 17.9 Å². The van der Waals surface area contributed by atoms with Gasteiger partial charge in [0.15, 0.2) is 4.34 Å². The van der Waals surface area contributed by atoms with Gasteiger partial charge in [0.1, 0.15) is 18.9 Å². The number of carbonyl (C=O) groups excluding carboxylic acids is 3. The van der Waals surface area contributed by atoms with E-state index < -0.39 is 18.0 Å². The lowest BCUT2D eigenvalue weighted by Gasteiger charge is -2.46. The average molecular weight is 546 g/mol. The maximum atomic E-state index is 12.9. The van der Waals surface area contributed by atoms with E-state index in [9.17, 15) is 19.5 Å². The number of thioether (sulfide) groups is 1. The van der Waals surface area contributed by atoms with E-state index in [1.54, 1.807) is 11.8 Å². The number of thiazole rings is 1. The molecule has 198 valence electrons. The molecule has 0 aliphatic carbocycles. The van der Waals surface area contributed by atoms with Crippen LogP contribution in [0.1, 0.15) is 32.9 Å². The Morgan fingerprint density at radius 3 is 2.65 bits per heavy atom. The Labute approximate surface area is 224 Å². The van der Waals surface area contributed by atoms with Crippen molar-refractivity contribution in [1.82, 2.24) is 14.8 Å². The van der Waals surface area contributed by atoms with Crippen molar-refractivity contribution < 1.29 is 29.0 Å². The van der Waals surface area contributed by atoms with E-state index in [-0.39, 0.29) is 48.9 Å². The summed E-state index contributed by atoms with van der Waals surface area (Å²) in [4.78, 5) is 46.6. The first-order chi connectivity index (χ1) is 17.7. The van der Waals surface area contributed by atoms with Gasteiger partial charge in [-0.2, -0.15) is 0 Å². The van der Waals surface area contributed by atoms with E-state index in [1.165, 1.54) is 40.2 Å². The van der Waals surface area contributed by atoms with Crippen LogP contribution in [-0.2, 0) is 19.1 Å². The van der Waals surface area contributed by atoms with Crippen LogP contribution in [0, 0.1) is 11.8 Å². The van der Waals surface area contributed by atoms with Crippen LogP contribution in [-0.4, -0.2) is 75.8 Å². The molecule has 1 fully saturated rings. The molecule has 11 heteroatoms. The number of amides is 2. The van der Waals surface area contributed by atoms with Crippen molar-refractivity contribution >= 4 is 46.6 Å². The Balaban J connectivity index is 1.55. The number of aromatic nitrogens is 1. The minimum Gasteiger partial charge on any atom is -0.457 e. The van der Waals surface area contributed by atoms with Crippen LogP contribution in [0.3, 0.4) is 0 Å². The Morgan fingerprint density at radius 2 is 2.00 bits per heavy atom. The standard InChI is InChI=1S/C26H31N3O6S2/c1-6-10-34-24(32)21-22(15(4)20-19(16(5)30)23(31)29(20)21)37-25-27-18(13-36-25)17-8-9-28(14(3)12-17)26(33)35-11-7-2/h6-7,12-16,19-20,30H,1-2,8-11H2,3-5H3/t14-,15+,16+,19+,20+/m0/s1. The zero-order valence-corrected chi connectivity index (χ0v) is 22.7. The minimum atomic E-state index is -0.814. The van der Waals surface area contributed by atoms with Gasteiger partial charge in [-0.05, 0) is 25.8 Å². The number of aliphatic hydroxyl groups excluding tert-OH is 1. The lowest BCUT2D eigenvalue weighted by Crippen LogP contribution is -2.63. The monoisotopic (exact) mass is 545 g/mol. The van der Waals surface area contributed by atoms with Gasteiger partial charge in [0.05, 0.1) is 29.8 Å². The molecule has 0 bridgehead atoms. The van der Waals surface area contributed by atoms with Gasteiger partial charge in [0.2, 0.25) is 5.91 Å². The van der Waals surface area contributed by atoms with Gasteiger partial charge >= 0.3 is 12.1 Å². The van der Waals surface area contributed by atoms with Crippen LogP contribution in [0.5, 0.6) is 0 Å². The molecule has 1 aromatic heterocycles. The van der Waals surface area contributed by atoms with Crippen molar-refractivity contribution in [3.8, 4) is 0 Å². The highest BCUT2D eigenvalue weighted by Gasteiger charge is 2.60. The molecular formula is C26H31N3O6S2. The molecule has 0 spiro atoms. The second-order valence-electron chi connectivity index (χ2n) is 9.20. The summed E-state index contributed by atoms with van der Waals surface area (Å²) in [5.41, 5.74) is 2.08. The normalized spacial score (nSPS) is 25.7. The summed E-state index contributed by atoms with van der Waals surface area (Å²) >= 11 is 2.81. The second kappa shape index (κ2) is 11.2. The molecule has 37 heavy (non-hydrogen) atoms. The smallest absolute Gasteiger partial charge is 0.410 e. The number of nitrogens with zero attached hydrogens (tertiary/aromatic N) is 3. The van der Waals surface area contributed by atoms with Crippen molar-refractivity contribution in [2.75, 3.05) is 19.8 Å². The second-order valence-corrected chi connectivity index (χ2v) is 11.3. The molecule has 1 N–H and O–H groups in total. The van der Waals surface area contributed by atoms with Crippen LogP contribution in [0.25, 0.3) is 5.57 Å². The minimum absolute atomic E-state index is 0.0348. The van der Waals surface area contributed by atoms with Gasteiger partial charge < -0.3 is 24.4 Å². The van der Waals surface area contributed by atoms with E-state index in [4.69, 9.17) is 14.5 Å². The SMILES string of the molecule is C=CCOC(=O)C1=C(Sc2nc(C3=C[C@H](C)N(C(=O)OCC=C)CC3)cs2)[C@H](C)[C@@H]2[C@@H]([C@@H](C)O)C(=O)N12. The third-order valence-corrected chi connectivity index (χ3v) is 8.98. The van der Waals surface area contributed by atoms with Crippen molar-refractivity contribution in [3.63, 3.8) is 0 Å². The Hall–Kier alpha value is -2.89. The summed E-state index contributed by atoms with van der Waals surface area (Å²) in [5.74, 6) is -1.58. The third-order valence-electron chi connectivity index (χ3n) is 6.76. The van der Waals surface area contributed by atoms with Gasteiger partial charge in [0.25, 0.3) is 0 Å². The summed E-state index contributed by atoms with van der Waals surface area (Å²) in [6, 6.07) is -0.441. The van der Waals surface area contributed by atoms with Crippen molar-refractivity contribution in [2.45, 2.75) is 49.7 Å². The Kier molecular flexibility index (Phi) is 8.25. The lowest BCUT2D eigenvalue weighted by atomic mass is 9.79. The van der Waals surface area contributed by atoms with Crippen LogP contribution in [0.15, 0.2) is 51.7 Å². The molecule has 0 saturated carbocycles. The molecule has 4 heterocycles. The number of β-lactam (4-membered cyclic amide) rings is 1. The number of hydrogen-bond donors (Lipinski definition) is 1. The fraction of sp³-hybridized carbons (Fsp3) is 0.462. The molecule has 4 rings (SSSR count). The van der Waals surface area contributed by atoms with Gasteiger partial charge in [-0.1, -0.05) is 50.1 Å². The first-order valence-electron chi connectivity index (χ1n) is 12.1. The first-order valence-corrected chi connectivity index (χ1v) is 13.8. The molecule has 1 aromatic rings. The fourth-order valence-corrected chi connectivity index (χ4v) is 7.10. The number of hydrogen-bond acceptors (Lipinski definition) is 9. The van der Waals surface area contributed by atoms with Crippen LogP contribution < -0.4 is 0 Å². The molecule has 0 unspecified atom stereocenters. The molecule has 3 aliphatic rings. The topological polar surface area (TPSA) is 109 Å². The summed E-state index contributed by atoms with van der Waals surface area (Å²) in [5, 5.41) is 12.1. The van der Waals surface area contributed by atoms with Crippen LogP contribution >= 0.6 is 23.1 Å². The van der Waals surface area contributed by atoms with Crippen LogP contribution in [0.4, 0.5) is 4.79 Å². The number of carbonyl (C=O) groups is 3. The lowest BCUT2D eigenvalue weighted by molar-refractivity contribution is -0.164. The highest BCUT2D eigenvalue weighted by Crippen LogP contribution is 2.52. The molecule has 2 amide bonds. The molecule has 5 atom stereocenters. The van der Waals surface area contributed by atoms with Crippen molar-refractivity contribution in [1.29, 1.82) is 0 Å². The molecule has 0 radical (unpaired) electrons. The summed E-state index contributed by atoms with van der Waals surface area (Å²) in [7, 11) is 0. The van der Waals surface area contributed by atoms with E-state index in [1.807, 2.05) is 25.3 Å². The predicted octanol–water partition coefficient (Wildman–Crippen LogP) is 3.83. The van der Waals surface area contributed by atoms with E-state index >= 15 is 0 Å². The molecular weight excluding hydrogens is 514 g/mol. The molecule has 0 aromatic carbocycles. The maximum absolute atomic E-state index is 12.9.